The highest BCUT2D eigenvalue weighted by molar-refractivity contribution is 5.90. The lowest BCUT2D eigenvalue weighted by molar-refractivity contribution is 0.629. The number of nitrogens with zero attached hydrogens (tertiary/aromatic N) is 3. The molecule has 1 N–H and O–H groups in total. The van der Waals surface area contributed by atoms with Crippen LogP contribution in [0.15, 0.2) is 29.3 Å². The summed E-state index contributed by atoms with van der Waals surface area (Å²) in [6.07, 6.45) is 1.36. The Balaban J connectivity index is 2.63. The van der Waals surface area contributed by atoms with Gasteiger partial charge in [-0.3, -0.25) is 0 Å². The van der Waals surface area contributed by atoms with E-state index < -0.39 is 0 Å². The van der Waals surface area contributed by atoms with Crippen LogP contribution in [0, 0.1) is 5.82 Å². The predicted octanol–water partition coefficient (Wildman–Crippen LogP) is 0.710. The molecule has 3 rings (SSSR count). The summed E-state index contributed by atoms with van der Waals surface area (Å²) in [5.74, 6) is -0.382. The number of fused-ring (bicyclic) bond motifs is 3. The number of aromatic amines is 1. The van der Waals surface area contributed by atoms with Gasteiger partial charge in [0.1, 0.15) is 12.1 Å². The standard InChI is InChI=1S/C9H5FN4O/c10-5-1-2-7-6(3-5)8-12-13-9(15)14(8)4-11-7/h1-4H,(H,13,15). The molecule has 0 aliphatic heterocycles. The van der Waals surface area contributed by atoms with Crippen molar-refractivity contribution < 1.29 is 4.39 Å². The Hall–Kier alpha value is -2.24. The highest BCUT2D eigenvalue weighted by Crippen LogP contribution is 2.15. The molecule has 3 aromatic rings. The lowest BCUT2D eigenvalue weighted by Crippen LogP contribution is -2.09. The highest BCUT2D eigenvalue weighted by atomic mass is 19.1. The van der Waals surface area contributed by atoms with Gasteiger partial charge in [0, 0.05) is 5.39 Å². The molecule has 5 nitrogen and oxygen atoms in total. The molecule has 2 aromatic heterocycles. The number of nitrogens with one attached hydrogen (secondary N) is 1. The maximum atomic E-state index is 13.0. The number of rotatable bonds is 0. The van der Waals surface area contributed by atoms with Gasteiger partial charge in [-0.05, 0) is 18.2 Å². The normalized spacial score (nSPS) is 11.3. The maximum absolute atomic E-state index is 13.0. The summed E-state index contributed by atoms with van der Waals surface area (Å²) < 4.78 is 14.3. The van der Waals surface area contributed by atoms with Gasteiger partial charge in [0.2, 0.25) is 0 Å². The van der Waals surface area contributed by atoms with Crippen LogP contribution >= 0.6 is 0 Å². The summed E-state index contributed by atoms with van der Waals surface area (Å²) in [6.45, 7) is 0. The Morgan fingerprint density at radius 2 is 2.27 bits per heavy atom. The van der Waals surface area contributed by atoms with Crippen molar-refractivity contribution in [3.8, 4) is 0 Å². The van der Waals surface area contributed by atoms with Crippen LogP contribution in [0.5, 0.6) is 0 Å². The largest absolute Gasteiger partial charge is 0.348 e. The van der Waals surface area contributed by atoms with Crippen LogP contribution < -0.4 is 5.69 Å². The Morgan fingerprint density at radius 3 is 3.13 bits per heavy atom. The van der Waals surface area contributed by atoms with E-state index in [1.165, 1.54) is 22.9 Å². The lowest BCUT2D eigenvalue weighted by atomic mass is 10.2. The fourth-order valence-electron chi connectivity index (χ4n) is 1.52. The fourth-order valence-corrected chi connectivity index (χ4v) is 1.52. The van der Waals surface area contributed by atoms with Gasteiger partial charge in [0.05, 0.1) is 5.52 Å². The molecule has 0 aliphatic carbocycles. The fraction of sp³-hybridized carbons (Fsp3) is 0. The molecule has 0 atom stereocenters. The van der Waals surface area contributed by atoms with Crippen molar-refractivity contribution in [3.05, 3.63) is 40.8 Å². The van der Waals surface area contributed by atoms with E-state index in [1.54, 1.807) is 6.07 Å². The van der Waals surface area contributed by atoms with E-state index in [4.69, 9.17) is 0 Å². The molecular formula is C9H5FN4O. The van der Waals surface area contributed by atoms with Crippen LogP contribution in [-0.2, 0) is 0 Å². The van der Waals surface area contributed by atoms with Crippen molar-refractivity contribution >= 4 is 16.6 Å². The number of hydrogen-bond acceptors (Lipinski definition) is 3. The average molecular weight is 204 g/mol. The van der Waals surface area contributed by atoms with Crippen molar-refractivity contribution in [2.75, 3.05) is 0 Å². The molecule has 0 bridgehead atoms. The molecule has 1 aromatic carbocycles. The van der Waals surface area contributed by atoms with Crippen LogP contribution in [0.1, 0.15) is 0 Å². The second kappa shape index (κ2) is 2.63. The minimum atomic E-state index is -0.385. The van der Waals surface area contributed by atoms with E-state index in [2.05, 4.69) is 15.2 Å². The third-order valence-electron chi connectivity index (χ3n) is 2.22. The van der Waals surface area contributed by atoms with E-state index in [0.717, 1.165) is 0 Å². The zero-order valence-corrected chi connectivity index (χ0v) is 7.44. The second-order valence-electron chi connectivity index (χ2n) is 3.13. The van der Waals surface area contributed by atoms with Crippen LogP contribution in [0.2, 0.25) is 0 Å². The SMILES string of the molecule is O=c1[nH]nc2c3cc(F)ccc3ncn12. The lowest BCUT2D eigenvalue weighted by Gasteiger charge is -1.97. The smallest absolute Gasteiger partial charge is 0.246 e. The Bertz CT molecular complexity index is 715. The number of halogens is 1. The zero-order valence-electron chi connectivity index (χ0n) is 7.44. The van der Waals surface area contributed by atoms with Crippen LogP contribution in [0.4, 0.5) is 4.39 Å². The van der Waals surface area contributed by atoms with Crippen molar-refractivity contribution in [2.24, 2.45) is 0 Å². The molecule has 0 amide bonds. The van der Waals surface area contributed by atoms with Gasteiger partial charge < -0.3 is 0 Å². The van der Waals surface area contributed by atoms with Gasteiger partial charge >= 0.3 is 5.69 Å². The van der Waals surface area contributed by atoms with Gasteiger partial charge in [0.25, 0.3) is 0 Å². The number of H-pyrrole nitrogens is 1. The molecule has 0 spiro atoms. The summed E-state index contributed by atoms with van der Waals surface area (Å²) in [6, 6.07) is 4.17. The first-order valence-electron chi connectivity index (χ1n) is 4.27. The van der Waals surface area contributed by atoms with E-state index in [0.29, 0.717) is 16.6 Å². The maximum Gasteiger partial charge on any atom is 0.348 e. The van der Waals surface area contributed by atoms with E-state index in [9.17, 15) is 9.18 Å². The van der Waals surface area contributed by atoms with Gasteiger partial charge in [-0.1, -0.05) is 0 Å². The molecule has 0 unspecified atom stereocenters. The predicted molar refractivity (Wildman–Crippen MR) is 51.1 cm³/mol. The third kappa shape index (κ3) is 1.04. The molecule has 0 fully saturated rings. The van der Waals surface area contributed by atoms with Crippen molar-refractivity contribution in [1.82, 2.24) is 19.6 Å². The topological polar surface area (TPSA) is 63.0 Å². The monoisotopic (exact) mass is 204 g/mol. The van der Waals surface area contributed by atoms with Gasteiger partial charge in [-0.15, -0.1) is 0 Å². The molecule has 0 aliphatic rings. The number of hydrogen-bond donors (Lipinski definition) is 1. The first kappa shape index (κ1) is 8.10. The molecule has 0 saturated heterocycles. The minimum Gasteiger partial charge on any atom is -0.246 e. The molecule has 15 heavy (non-hydrogen) atoms. The Morgan fingerprint density at radius 1 is 1.40 bits per heavy atom. The van der Waals surface area contributed by atoms with Gasteiger partial charge in [-0.25, -0.2) is 23.7 Å². The Kier molecular flexibility index (Phi) is 1.42. The minimum absolute atomic E-state index is 0.379. The summed E-state index contributed by atoms with van der Waals surface area (Å²) in [5, 5.41) is 6.60. The quantitative estimate of drug-likeness (QED) is 0.586. The Labute approximate surface area is 82.2 Å². The third-order valence-corrected chi connectivity index (χ3v) is 2.22. The summed E-state index contributed by atoms with van der Waals surface area (Å²) in [7, 11) is 0. The molecule has 74 valence electrons. The van der Waals surface area contributed by atoms with Crippen molar-refractivity contribution in [2.45, 2.75) is 0 Å². The van der Waals surface area contributed by atoms with Gasteiger partial charge in [-0.2, -0.15) is 5.10 Å². The summed E-state index contributed by atoms with van der Waals surface area (Å²) in [5.41, 5.74) is 0.594. The highest BCUT2D eigenvalue weighted by Gasteiger charge is 2.06. The van der Waals surface area contributed by atoms with E-state index in [-0.39, 0.29) is 11.5 Å². The number of benzene rings is 1. The zero-order chi connectivity index (χ0) is 10.4. The first-order chi connectivity index (χ1) is 7.25. The van der Waals surface area contributed by atoms with Crippen molar-refractivity contribution in [1.29, 1.82) is 0 Å². The molecule has 0 saturated carbocycles. The molecule has 6 heteroatoms. The molecular weight excluding hydrogens is 199 g/mol. The summed E-state index contributed by atoms with van der Waals surface area (Å²) >= 11 is 0. The van der Waals surface area contributed by atoms with E-state index >= 15 is 0 Å². The molecule has 2 heterocycles. The number of aromatic nitrogens is 4. The first-order valence-corrected chi connectivity index (χ1v) is 4.27. The van der Waals surface area contributed by atoms with E-state index in [1.807, 2.05) is 0 Å². The second-order valence-corrected chi connectivity index (χ2v) is 3.13. The van der Waals surface area contributed by atoms with Crippen LogP contribution in [0.25, 0.3) is 16.6 Å². The summed E-state index contributed by atoms with van der Waals surface area (Å²) in [4.78, 5) is 15.2. The van der Waals surface area contributed by atoms with Crippen molar-refractivity contribution in [3.63, 3.8) is 0 Å². The van der Waals surface area contributed by atoms with Crippen LogP contribution in [-0.4, -0.2) is 19.6 Å². The molecule has 0 radical (unpaired) electrons. The van der Waals surface area contributed by atoms with Crippen LogP contribution in [0.3, 0.4) is 0 Å². The average Bonchev–Trinajstić information content (AvgIpc) is 2.61. The van der Waals surface area contributed by atoms with Gasteiger partial charge in [0.15, 0.2) is 5.65 Å².